The van der Waals surface area contributed by atoms with Crippen LogP contribution in [-0.2, 0) is 15.6 Å². The Kier molecular flexibility index (Phi) is 3.35. The summed E-state index contributed by atoms with van der Waals surface area (Å²) < 4.78 is 24.3. The summed E-state index contributed by atoms with van der Waals surface area (Å²) in [6, 6.07) is 8.92. The van der Waals surface area contributed by atoms with Crippen LogP contribution in [0, 0.1) is 13.8 Å². The Bertz CT molecular complexity index is 607. The third-order valence-electron chi connectivity index (χ3n) is 2.50. The first-order chi connectivity index (χ1) is 7.97. The number of rotatable bonds is 3. The zero-order chi connectivity index (χ0) is 12.5. The molecule has 0 radical (unpaired) electrons. The van der Waals surface area contributed by atoms with Crippen molar-refractivity contribution < 1.29 is 8.42 Å². The summed E-state index contributed by atoms with van der Waals surface area (Å²) in [5.74, 6) is 0.0918. The minimum absolute atomic E-state index is 0.0918. The van der Waals surface area contributed by atoms with Crippen molar-refractivity contribution >= 4 is 21.2 Å². The molecule has 0 spiro atoms. The molecule has 1 aromatic carbocycles. The maximum Gasteiger partial charge on any atom is 0.183 e. The maximum absolute atomic E-state index is 12.1. The van der Waals surface area contributed by atoms with Gasteiger partial charge in [0.25, 0.3) is 0 Å². The highest BCUT2D eigenvalue weighted by Gasteiger charge is 2.15. The zero-order valence-corrected chi connectivity index (χ0v) is 11.4. The van der Waals surface area contributed by atoms with E-state index < -0.39 is 9.84 Å². The van der Waals surface area contributed by atoms with E-state index in [2.05, 4.69) is 0 Å². The predicted molar refractivity (Wildman–Crippen MR) is 71.1 cm³/mol. The van der Waals surface area contributed by atoms with Gasteiger partial charge in [0.1, 0.15) is 0 Å². The molecule has 0 bridgehead atoms. The molecular formula is C13H14O2S2. The van der Waals surface area contributed by atoms with E-state index >= 15 is 0 Å². The van der Waals surface area contributed by atoms with Gasteiger partial charge < -0.3 is 0 Å². The monoisotopic (exact) mass is 266 g/mol. The van der Waals surface area contributed by atoms with Crippen molar-refractivity contribution in [3.8, 4) is 0 Å². The molecule has 0 unspecified atom stereocenters. The highest BCUT2D eigenvalue weighted by molar-refractivity contribution is 7.90. The Balaban J connectivity index is 2.28. The van der Waals surface area contributed by atoms with Gasteiger partial charge in [0.15, 0.2) is 9.84 Å². The zero-order valence-electron chi connectivity index (χ0n) is 9.80. The fourth-order valence-electron chi connectivity index (χ4n) is 1.58. The number of thiophene rings is 1. The molecule has 1 aromatic heterocycles. The number of hydrogen-bond acceptors (Lipinski definition) is 3. The molecule has 0 fully saturated rings. The van der Waals surface area contributed by atoms with E-state index in [-0.39, 0.29) is 5.75 Å². The van der Waals surface area contributed by atoms with Gasteiger partial charge in [0, 0.05) is 4.88 Å². The van der Waals surface area contributed by atoms with Crippen molar-refractivity contribution in [2.24, 2.45) is 0 Å². The van der Waals surface area contributed by atoms with Crippen LogP contribution in [0.2, 0.25) is 0 Å². The van der Waals surface area contributed by atoms with Gasteiger partial charge in [-0.15, -0.1) is 11.3 Å². The average molecular weight is 266 g/mol. The molecule has 2 aromatic rings. The SMILES string of the molecule is Cc1ccc(S(=O)(=O)Cc2cc(C)cs2)cc1. The molecule has 90 valence electrons. The van der Waals surface area contributed by atoms with E-state index in [9.17, 15) is 8.42 Å². The van der Waals surface area contributed by atoms with Crippen LogP contribution in [-0.4, -0.2) is 8.42 Å². The lowest BCUT2D eigenvalue weighted by molar-refractivity contribution is 0.595. The minimum atomic E-state index is -3.21. The van der Waals surface area contributed by atoms with Gasteiger partial charge in [0.2, 0.25) is 0 Å². The van der Waals surface area contributed by atoms with E-state index in [4.69, 9.17) is 0 Å². The first kappa shape index (κ1) is 12.3. The normalized spacial score (nSPS) is 11.6. The van der Waals surface area contributed by atoms with Crippen molar-refractivity contribution in [1.82, 2.24) is 0 Å². The third kappa shape index (κ3) is 2.96. The Morgan fingerprint density at radius 3 is 2.24 bits per heavy atom. The summed E-state index contributed by atoms with van der Waals surface area (Å²) in [5, 5.41) is 1.97. The van der Waals surface area contributed by atoms with Crippen molar-refractivity contribution in [2.75, 3.05) is 0 Å². The van der Waals surface area contributed by atoms with E-state index in [0.29, 0.717) is 4.90 Å². The van der Waals surface area contributed by atoms with Crippen molar-refractivity contribution in [2.45, 2.75) is 24.5 Å². The standard InChI is InChI=1S/C13H14O2S2/c1-10-3-5-13(6-4-10)17(14,15)9-12-7-11(2)8-16-12/h3-8H,9H2,1-2H3. The quantitative estimate of drug-likeness (QED) is 0.854. The number of benzene rings is 1. The Labute approximate surface area is 106 Å². The lowest BCUT2D eigenvalue weighted by Crippen LogP contribution is -2.03. The summed E-state index contributed by atoms with van der Waals surface area (Å²) in [7, 11) is -3.21. The second kappa shape index (κ2) is 4.63. The van der Waals surface area contributed by atoms with Gasteiger partial charge in [0.05, 0.1) is 10.6 Å². The molecule has 0 atom stereocenters. The second-order valence-electron chi connectivity index (χ2n) is 4.16. The van der Waals surface area contributed by atoms with E-state index in [0.717, 1.165) is 16.0 Å². The molecule has 4 heteroatoms. The molecule has 0 saturated heterocycles. The second-order valence-corrected chi connectivity index (χ2v) is 7.15. The van der Waals surface area contributed by atoms with Crippen LogP contribution in [0.25, 0.3) is 0 Å². The van der Waals surface area contributed by atoms with Crippen molar-refractivity contribution in [1.29, 1.82) is 0 Å². The van der Waals surface area contributed by atoms with Crippen LogP contribution in [0.5, 0.6) is 0 Å². The van der Waals surface area contributed by atoms with Gasteiger partial charge in [-0.2, -0.15) is 0 Å². The van der Waals surface area contributed by atoms with E-state index in [1.54, 1.807) is 12.1 Å². The predicted octanol–water partition coefficient (Wildman–Crippen LogP) is 3.34. The lowest BCUT2D eigenvalue weighted by Gasteiger charge is -2.03. The summed E-state index contributed by atoms with van der Waals surface area (Å²) in [5.41, 5.74) is 2.18. The highest BCUT2D eigenvalue weighted by Crippen LogP contribution is 2.21. The molecular weight excluding hydrogens is 252 g/mol. The van der Waals surface area contributed by atoms with Crippen molar-refractivity contribution in [3.63, 3.8) is 0 Å². The Hall–Kier alpha value is -1.13. The first-order valence-corrected chi connectivity index (χ1v) is 7.84. The summed E-state index contributed by atoms with van der Waals surface area (Å²) in [6.07, 6.45) is 0. The number of hydrogen-bond donors (Lipinski definition) is 0. The fourth-order valence-corrected chi connectivity index (χ4v) is 4.15. The van der Waals surface area contributed by atoms with Crippen molar-refractivity contribution in [3.05, 3.63) is 51.7 Å². The number of aryl methyl sites for hydroxylation is 2. The largest absolute Gasteiger partial charge is 0.223 e. The summed E-state index contributed by atoms with van der Waals surface area (Å²) in [6.45, 7) is 3.91. The van der Waals surface area contributed by atoms with E-state index in [1.807, 2.05) is 37.4 Å². The molecule has 0 aliphatic rings. The van der Waals surface area contributed by atoms with Crippen LogP contribution in [0.4, 0.5) is 0 Å². The molecule has 0 saturated carbocycles. The maximum atomic E-state index is 12.1. The molecule has 17 heavy (non-hydrogen) atoms. The molecule has 0 aliphatic carbocycles. The molecule has 0 aliphatic heterocycles. The topological polar surface area (TPSA) is 34.1 Å². The molecule has 1 heterocycles. The first-order valence-electron chi connectivity index (χ1n) is 5.31. The summed E-state index contributed by atoms with van der Waals surface area (Å²) >= 11 is 1.50. The van der Waals surface area contributed by atoms with Crippen LogP contribution >= 0.6 is 11.3 Å². The summed E-state index contributed by atoms with van der Waals surface area (Å²) in [4.78, 5) is 1.29. The molecule has 0 N–H and O–H groups in total. The van der Waals surface area contributed by atoms with Crippen LogP contribution < -0.4 is 0 Å². The Morgan fingerprint density at radius 2 is 1.71 bits per heavy atom. The lowest BCUT2D eigenvalue weighted by atomic mass is 10.2. The van der Waals surface area contributed by atoms with Crippen LogP contribution in [0.3, 0.4) is 0 Å². The van der Waals surface area contributed by atoms with Gasteiger partial charge in [-0.05, 0) is 43.0 Å². The van der Waals surface area contributed by atoms with E-state index in [1.165, 1.54) is 11.3 Å². The van der Waals surface area contributed by atoms with Crippen LogP contribution in [0.1, 0.15) is 16.0 Å². The molecule has 2 rings (SSSR count). The van der Waals surface area contributed by atoms with Gasteiger partial charge in [-0.1, -0.05) is 17.7 Å². The Morgan fingerprint density at radius 1 is 1.06 bits per heavy atom. The fraction of sp³-hybridized carbons (Fsp3) is 0.231. The third-order valence-corrected chi connectivity index (χ3v) is 5.42. The highest BCUT2D eigenvalue weighted by atomic mass is 32.2. The number of sulfone groups is 1. The average Bonchev–Trinajstić information content (AvgIpc) is 2.63. The van der Waals surface area contributed by atoms with Gasteiger partial charge >= 0.3 is 0 Å². The molecule has 0 amide bonds. The van der Waals surface area contributed by atoms with Crippen LogP contribution in [0.15, 0.2) is 40.6 Å². The molecule has 2 nitrogen and oxygen atoms in total. The smallest absolute Gasteiger partial charge is 0.183 e. The van der Waals surface area contributed by atoms with Gasteiger partial charge in [-0.3, -0.25) is 0 Å². The minimum Gasteiger partial charge on any atom is -0.223 e. The van der Waals surface area contributed by atoms with Gasteiger partial charge in [-0.25, -0.2) is 8.42 Å².